The molecule has 20 heavy (non-hydrogen) atoms. The molecule has 102 valence electrons. The number of hydrogen-bond donors (Lipinski definition) is 1. The molecule has 2 N–H and O–H groups in total. The van der Waals surface area contributed by atoms with Crippen LogP contribution in [0.3, 0.4) is 0 Å². The van der Waals surface area contributed by atoms with Crippen molar-refractivity contribution in [2.24, 2.45) is 0 Å². The van der Waals surface area contributed by atoms with Crippen LogP contribution in [0.5, 0.6) is 0 Å². The van der Waals surface area contributed by atoms with Crippen molar-refractivity contribution in [3.63, 3.8) is 0 Å². The second-order valence-electron chi connectivity index (χ2n) is 4.48. The van der Waals surface area contributed by atoms with Crippen LogP contribution in [0.15, 0.2) is 43.0 Å². The molecule has 0 radical (unpaired) electrons. The summed E-state index contributed by atoms with van der Waals surface area (Å²) in [6.07, 6.45) is 4.04. The maximum Gasteiger partial charge on any atom is 0.0394 e. The Morgan fingerprint density at radius 2 is 1.65 bits per heavy atom. The molecule has 0 bridgehead atoms. The van der Waals surface area contributed by atoms with Crippen LogP contribution in [0.25, 0.3) is 33.7 Å². The van der Waals surface area contributed by atoms with Crippen molar-refractivity contribution in [1.29, 1.82) is 0 Å². The van der Waals surface area contributed by atoms with Crippen LogP contribution >= 0.6 is 0 Å². The number of anilines is 1. The van der Waals surface area contributed by atoms with E-state index in [9.17, 15) is 0 Å². The molecule has 3 aromatic rings. The van der Waals surface area contributed by atoms with Gasteiger partial charge >= 0.3 is 0 Å². The first-order valence-electron chi connectivity index (χ1n) is 7.08. The molecule has 3 aromatic carbocycles. The van der Waals surface area contributed by atoms with Crippen LogP contribution in [0.2, 0.25) is 0 Å². The van der Waals surface area contributed by atoms with E-state index in [-0.39, 0.29) is 0 Å². The first-order valence-corrected chi connectivity index (χ1v) is 7.08. The summed E-state index contributed by atoms with van der Waals surface area (Å²) in [5.74, 6) is 0. The molecule has 0 aromatic heterocycles. The van der Waals surface area contributed by atoms with Crippen LogP contribution in [0.4, 0.5) is 5.69 Å². The van der Waals surface area contributed by atoms with Crippen LogP contribution in [-0.2, 0) is 0 Å². The average molecular weight is 263 g/mol. The number of hydrogen-bond acceptors (Lipinski definition) is 1. The van der Waals surface area contributed by atoms with Gasteiger partial charge in [0.05, 0.1) is 0 Å². The van der Waals surface area contributed by atoms with Crippen molar-refractivity contribution in [3.05, 3.63) is 53.8 Å². The third kappa shape index (κ3) is 2.05. The van der Waals surface area contributed by atoms with E-state index in [4.69, 9.17) is 5.73 Å². The average Bonchev–Trinajstić information content (AvgIpc) is 2.52. The molecular weight excluding hydrogens is 242 g/mol. The summed E-state index contributed by atoms with van der Waals surface area (Å²) in [4.78, 5) is 0. The fourth-order valence-electron chi connectivity index (χ4n) is 2.64. The smallest absolute Gasteiger partial charge is 0.0394 e. The number of nitrogen functional groups attached to an aromatic ring is 1. The fourth-order valence-corrected chi connectivity index (χ4v) is 2.64. The van der Waals surface area contributed by atoms with Gasteiger partial charge in [-0.25, -0.2) is 0 Å². The largest absolute Gasteiger partial charge is 0.398 e. The van der Waals surface area contributed by atoms with E-state index >= 15 is 0 Å². The van der Waals surface area contributed by atoms with Gasteiger partial charge in [-0.1, -0.05) is 62.9 Å². The maximum atomic E-state index is 6.08. The molecule has 0 aliphatic carbocycles. The molecule has 0 saturated heterocycles. The molecule has 0 aliphatic rings. The highest BCUT2D eigenvalue weighted by Crippen LogP contribution is 2.31. The maximum absolute atomic E-state index is 6.08. The predicted octanol–water partition coefficient (Wildman–Crippen LogP) is 4.76. The Labute approximate surface area is 120 Å². The zero-order valence-corrected chi connectivity index (χ0v) is 12.4. The Hall–Kier alpha value is -2.28. The summed E-state index contributed by atoms with van der Waals surface area (Å²) in [5.41, 5.74) is 8.07. The molecule has 0 aliphatic heterocycles. The van der Waals surface area contributed by atoms with E-state index in [0.29, 0.717) is 0 Å². The second kappa shape index (κ2) is 5.79. The van der Waals surface area contributed by atoms with E-state index < -0.39 is 0 Å². The highest BCUT2D eigenvalue weighted by Gasteiger charge is 2.08. The van der Waals surface area contributed by atoms with Crippen molar-refractivity contribution in [1.82, 2.24) is 0 Å². The molecule has 0 saturated carbocycles. The van der Waals surface area contributed by atoms with E-state index in [2.05, 4.69) is 49.9 Å². The zero-order valence-electron chi connectivity index (χ0n) is 12.4. The highest BCUT2D eigenvalue weighted by molar-refractivity contribution is 6.16. The number of benzene rings is 3. The van der Waals surface area contributed by atoms with E-state index in [1.165, 1.54) is 21.4 Å². The van der Waals surface area contributed by atoms with E-state index in [1.54, 1.807) is 0 Å². The summed E-state index contributed by atoms with van der Waals surface area (Å²) in [7, 11) is 0. The lowest BCUT2D eigenvalue weighted by Crippen LogP contribution is -2.03. The van der Waals surface area contributed by atoms with Crippen molar-refractivity contribution >= 4 is 39.4 Å². The van der Waals surface area contributed by atoms with Gasteiger partial charge in [0, 0.05) is 11.1 Å². The van der Waals surface area contributed by atoms with Gasteiger partial charge in [-0.05, 0) is 39.9 Å². The van der Waals surface area contributed by atoms with Crippen molar-refractivity contribution in [3.8, 4) is 0 Å². The Morgan fingerprint density at radius 1 is 0.950 bits per heavy atom. The molecule has 0 heterocycles. The minimum absolute atomic E-state index is 0.830. The molecule has 1 nitrogen and oxygen atoms in total. The Bertz CT molecular complexity index is 813. The minimum Gasteiger partial charge on any atom is -0.398 e. The first kappa shape index (κ1) is 14.1. The van der Waals surface area contributed by atoms with Crippen LogP contribution in [-0.4, -0.2) is 0 Å². The molecule has 0 unspecified atom stereocenters. The van der Waals surface area contributed by atoms with Crippen LogP contribution in [0.1, 0.15) is 26.3 Å². The second-order valence-corrected chi connectivity index (χ2v) is 4.48. The quantitative estimate of drug-likeness (QED) is 0.629. The molecule has 0 amide bonds. The highest BCUT2D eigenvalue weighted by atomic mass is 14.5. The van der Waals surface area contributed by atoms with Gasteiger partial charge < -0.3 is 5.73 Å². The summed E-state index contributed by atoms with van der Waals surface area (Å²) in [6, 6.07) is 12.5. The monoisotopic (exact) mass is 263 g/mol. The lowest BCUT2D eigenvalue weighted by atomic mass is 9.94. The first-order chi connectivity index (χ1) is 9.76. The van der Waals surface area contributed by atoms with Crippen molar-refractivity contribution < 1.29 is 0 Å². The SMILES string of the molecule is C=Cc1ccc2c(N)ccc3cc/c(=C/C)c1c32.CC. The van der Waals surface area contributed by atoms with E-state index in [1.807, 2.05) is 26.0 Å². The third-order valence-electron chi connectivity index (χ3n) is 3.54. The number of rotatable bonds is 1. The van der Waals surface area contributed by atoms with Gasteiger partial charge in [0.2, 0.25) is 0 Å². The lowest BCUT2D eigenvalue weighted by molar-refractivity contribution is 1.50. The van der Waals surface area contributed by atoms with Gasteiger partial charge in [0.25, 0.3) is 0 Å². The molecule has 0 fully saturated rings. The van der Waals surface area contributed by atoms with Crippen molar-refractivity contribution in [2.45, 2.75) is 20.8 Å². The summed E-state index contributed by atoms with van der Waals surface area (Å²) < 4.78 is 0. The molecule has 3 rings (SSSR count). The summed E-state index contributed by atoms with van der Waals surface area (Å²) in [5, 5.41) is 6.06. The van der Waals surface area contributed by atoms with Crippen molar-refractivity contribution in [2.75, 3.05) is 5.73 Å². The molecule has 1 heteroatoms. The Morgan fingerprint density at radius 3 is 2.30 bits per heavy atom. The zero-order chi connectivity index (χ0) is 14.7. The normalized spacial score (nSPS) is 11.4. The Kier molecular flexibility index (Phi) is 4.09. The summed E-state index contributed by atoms with van der Waals surface area (Å²) in [6.45, 7) is 9.97. The van der Waals surface area contributed by atoms with Crippen LogP contribution in [0, 0.1) is 0 Å². The number of nitrogens with two attached hydrogens (primary N) is 1. The third-order valence-corrected chi connectivity index (χ3v) is 3.54. The Balaban J connectivity index is 0.000000704. The predicted molar refractivity (Wildman–Crippen MR) is 92.7 cm³/mol. The molecular formula is C19H21N. The van der Waals surface area contributed by atoms with Gasteiger partial charge in [-0.3, -0.25) is 0 Å². The van der Waals surface area contributed by atoms with Gasteiger partial charge in [0.15, 0.2) is 0 Å². The van der Waals surface area contributed by atoms with Crippen LogP contribution < -0.4 is 11.0 Å². The standard InChI is InChI=1S/C17H15N.C2H6/c1-3-11-5-6-13-8-10-15(18)14-9-7-12(4-2)16(11)17(13)14;1-2/h3-10H,2,18H2,1H3;1-2H3/b11-3-;. The summed E-state index contributed by atoms with van der Waals surface area (Å²) >= 11 is 0. The molecule has 0 atom stereocenters. The van der Waals surface area contributed by atoms with Gasteiger partial charge in [-0.15, -0.1) is 0 Å². The molecule has 0 spiro atoms. The van der Waals surface area contributed by atoms with Gasteiger partial charge in [-0.2, -0.15) is 0 Å². The minimum atomic E-state index is 0.830. The lowest BCUT2D eigenvalue weighted by Gasteiger charge is -2.11. The fraction of sp³-hybridized carbons (Fsp3) is 0.158. The topological polar surface area (TPSA) is 26.0 Å². The van der Waals surface area contributed by atoms with E-state index in [0.717, 1.165) is 16.6 Å². The van der Waals surface area contributed by atoms with Gasteiger partial charge in [0.1, 0.15) is 0 Å².